The highest BCUT2D eigenvalue weighted by Crippen LogP contribution is 2.35. The van der Waals surface area contributed by atoms with Gasteiger partial charge in [0, 0.05) is 12.0 Å². The van der Waals surface area contributed by atoms with Gasteiger partial charge in [-0.3, -0.25) is 0 Å². The molecule has 0 amide bonds. The Morgan fingerprint density at radius 1 is 1.38 bits per heavy atom. The molecule has 0 aromatic heterocycles. The summed E-state index contributed by atoms with van der Waals surface area (Å²) in [7, 11) is 0. The normalized spacial score (nSPS) is 28.1. The van der Waals surface area contributed by atoms with Crippen molar-refractivity contribution in [2.24, 2.45) is 34.1 Å². The fourth-order valence-electron chi connectivity index (χ4n) is 3.32. The van der Waals surface area contributed by atoms with Crippen molar-refractivity contribution >= 4 is 5.84 Å². The number of hydrogen-bond acceptors (Lipinski definition) is 3. The summed E-state index contributed by atoms with van der Waals surface area (Å²) in [6.07, 6.45) is 6.03. The first-order chi connectivity index (χ1) is 9.77. The number of amidine groups is 1. The van der Waals surface area contributed by atoms with E-state index in [2.05, 4.69) is 25.9 Å². The molecule has 0 radical (unpaired) electrons. The predicted molar refractivity (Wildman–Crippen MR) is 87.5 cm³/mol. The van der Waals surface area contributed by atoms with E-state index in [0.29, 0.717) is 23.8 Å². The molecular weight excluding hydrogens is 264 g/mol. The van der Waals surface area contributed by atoms with Crippen LogP contribution in [0, 0.1) is 23.2 Å². The van der Waals surface area contributed by atoms with Gasteiger partial charge in [-0.15, -0.1) is 0 Å². The van der Waals surface area contributed by atoms with Crippen LogP contribution in [-0.4, -0.2) is 23.8 Å². The van der Waals surface area contributed by atoms with E-state index < -0.39 is 0 Å². The van der Waals surface area contributed by atoms with Crippen LogP contribution in [0.5, 0.6) is 0 Å². The van der Waals surface area contributed by atoms with Gasteiger partial charge in [0.2, 0.25) is 0 Å². The van der Waals surface area contributed by atoms with Crippen LogP contribution in [-0.2, 0) is 4.74 Å². The first-order valence-electron chi connectivity index (χ1n) is 8.37. The Kier molecular flexibility index (Phi) is 6.98. The van der Waals surface area contributed by atoms with Crippen LogP contribution in [0.25, 0.3) is 0 Å². The maximum atomic E-state index is 8.79. The highest BCUT2D eigenvalue weighted by molar-refractivity contribution is 5.85. The Morgan fingerprint density at radius 3 is 2.62 bits per heavy atom. The summed E-state index contributed by atoms with van der Waals surface area (Å²) in [5.41, 5.74) is 5.45. The molecule has 1 saturated carbocycles. The molecule has 124 valence electrons. The van der Waals surface area contributed by atoms with Crippen LogP contribution in [0.3, 0.4) is 0 Å². The minimum absolute atomic E-state index is 0.268. The lowest BCUT2D eigenvalue weighted by Crippen LogP contribution is -2.35. The summed E-state index contributed by atoms with van der Waals surface area (Å²) in [5, 5.41) is 11.9. The summed E-state index contributed by atoms with van der Waals surface area (Å²) in [4.78, 5) is 0. The van der Waals surface area contributed by atoms with Gasteiger partial charge in [0.15, 0.2) is 0 Å². The van der Waals surface area contributed by atoms with Crippen molar-refractivity contribution in [1.29, 1.82) is 0 Å². The Labute approximate surface area is 130 Å². The Morgan fingerprint density at radius 2 is 2.05 bits per heavy atom. The van der Waals surface area contributed by atoms with Crippen molar-refractivity contribution in [3.8, 4) is 0 Å². The van der Waals surface area contributed by atoms with Crippen molar-refractivity contribution in [2.45, 2.75) is 72.8 Å². The van der Waals surface area contributed by atoms with Gasteiger partial charge in [0.1, 0.15) is 5.84 Å². The minimum atomic E-state index is -0.268. The first kappa shape index (κ1) is 18.3. The molecule has 0 aromatic carbocycles. The molecule has 1 aliphatic rings. The van der Waals surface area contributed by atoms with E-state index in [1.807, 2.05) is 13.8 Å². The third-order valence-electron chi connectivity index (χ3n) is 5.04. The van der Waals surface area contributed by atoms with E-state index in [1.165, 1.54) is 19.3 Å². The second kappa shape index (κ2) is 8.02. The molecule has 1 aliphatic carbocycles. The van der Waals surface area contributed by atoms with Gasteiger partial charge < -0.3 is 15.7 Å². The van der Waals surface area contributed by atoms with Gasteiger partial charge in [0.25, 0.3) is 0 Å². The standard InChI is InChI=1S/C17H34N2O2/c1-12(2)14-8-7-13(3)11-15(14)21-10-6-9-17(4,5)16(18)19-20/h12-15,20H,6-11H2,1-5H3,(H2,18,19). The Bertz CT molecular complexity index is 340. The predicted octanol–water partition coefficient (Wildman–Crippen LogP) is 4.02. The summed E-state index contributed by atoms with van der Waals surface area (Å²) in [6, 6.07) is 0. The summed E-state index contributed by atoms with van der Waals surface area (Å²) in [5.74, 6) is 2.46. The van der Waals surface area contributed by atoms with Gasteiger partial charge in [-0.1, -0.05) is 46.2 Å². The van der Waals surface area contributed by atoms with Crippen LogP contribution < -0.4 is 5.73 Å². The number of ether oxygens (including phenoxy) is 1. The highest BCUT2D eigenvalue weighted by Gasteiger charge is 2.31. The molecule has 1 rings (SSSR count). The molecule has 0 spiro atoms. The van der Waals surface area contributed by atoms with Gasteiger partial charge in [0.05, 0.1) is 6.10 Å². The third kappa shape index (κ3) is 5.50. The average Bonchev–Trinajstić information content (AvgIpc) is 2.42. The van der Waals surface area contributed by atoms with Crippen molar-refractivity contribution in [2.75, 3.05) is 6.61 Å². The molecule has 1 fully saturated rings. The minimum Gasteiger partial charge on any atom is -0.409 e. The maximum absolute atomic E-state index is 8.79. The molecule has 3 N–H and O–H groups in total. The van der Waals surface area contributed by atoms with Crippen LogP contribution in [0.4, 0.5) is 0 Å². The molecule has 3 unspecified atom stereocenters. The monoisotopic (exact) mass is 298 g/mol. The van der Waals surface area contributed by atoms with Crippen molar-refractivity contribution in [3.63, 3.8) is 0 Å². The zero-order valence-corrected chi connectivity index (χ0v) is 14.4. The molecule has 3 atom stereocenters. The van der Waals surface area contributed by atoms with Crippen LogP contribution in [0.15, 0.2) is 5.16 Å². The zero-order valence-electron chi connectivity index (χ0n) is 14.4. The second-order valence-corrected chi connectivity index (χ2v) is 7.71. The molecule has 4 heteroatoms. The van der Waals surface area contributed by atoms with E-state index >= 15 is 0 Å². The molecule has 4 nitrogen and oxygen atoms in total. The smallest absolute Gasteiger partial charge is 0.144 e. The third-order valence-corrected chi connectivity index (χ3v) is 5.04. The average molecular weight is 298 g/mol. The van der Waals surface area contributed by atoms with E-state index in [9.17, 15) is 0 Å². The van der Waals surface area contributed by atoms with Crippen LogP contribution in [0.2, 0.25) is 0 Å². The molecule has 0 aliphatic heterocycles. The fourth-order valence-corrected chi connectivity index (χ4v) is 3.32. The van der Waals surface area contributed by atoms with Crippen molar-refractivity contribution < 1.29 is 9.94 Å². The lowest BCUT2D eigenvalue weighted by atomic mass is 9.75. The molecule has 21 heavy (non-hydrogen) atoms. The van der Waals surface area contributed by atoms with Crippen molar-refractivity contribution in [3.05, 3.63) is 0 Å². The van der Waals surface area contributed by atoms with E-state index in [4.69, 9.17) is 15.7 Å². The number of nitrogens with two attached hydrogens (primary N) is 1. The Balaban J connectivity index is 2.39. The fraction of sp³-hybridized carbons (Fsp3) is 0.941. The highest BCUT2D eigenvalue weighted by atomic mass is 16.5. The lowest BCUT2D eigenvalue weighted by molar-refractivity contribution is -0.0404. The molecular formula is C17H34N2O2. The number of hydrogen-bond donors (Lipinski definition) is 2. The largest absolute Gasteiger partial charge is 0.409 e. The van der Waals surface area contributed by atoms with E-state index in [1.54, 1.807) is 0 Å². The second-order valence-electron chi connectivity index (χ2n) is 7.71. The topological polar surface area (TPSA) is 67.8 Å². The molecule has 0 heterocycles. The zero-order chi connectivity index (χ0) is 16.0. The molecule has 0 saturated heterocycles. The number of rotatable bonds is 7. The quantitative estimate of drug-likeness (QED) is 0.245. The number of nitrogens with zero attached hydrogens (tertiary/aromatic N) is 1. The van der Waals surface area contributed by atoms with Gasteiger partial charge in [-0.2, -0.15) is 0 Å². The lowest BCUT2D eigenvalue weighted by Gasteiger charge is -2.37. The Hall–Kier alpha value is -0.770. The summed E-state index contributed by atoms with van der Waals surface area (Å²) >= 11 is 0. The maximum Gasteiger partial charge on any atom is 0.144 e. The van der Waals surface area contributed by atoms with Gasteiger partial charge >= 0.3 is 0 Å². The van der Waals surface area contributed by atoms with Gasteiger partial charge in [-0.25, -0.2) is 0 Å². The van der Waals surface area contributed by atoms with Crippen LogP contribution in [0.1, 0.15) is 66.7 Å². The van der Waals surface area contributed by atoms with E-state index in [-0.39, 0.29) is 5.41 Å². The first-order valence-corrected chi connectivity index (χ1v) is 8.37. The SMILES string of the molecule is CC1CCC(C(C)C)C(OCCCC(C)(C)C(N)=NO)C1. The molecule has 0 aromatic rings. The molecule has 0 bridgehead atoms. The summed E-state index contributed by atoms with van der Waals surface area (Å²) in [6.45, 7) is 11.7. The number of oxime groups is 1. The van der Waals surface area contributed by atoms with Gasteiger partial charge in [-0.05, 0) is 43.4 Å². The van der Waals surface area contributed by atoms with E-state index in [0.717, 1.165) is 25.4 Å². The summed E-state index contributed by atoms with van der Waals surface area (Å²) < 4.78 is 6.19. The van der Waals surface area contributed by atoms with Crippen molar-refractivity contribution in [1.82, 2.24) is 0 Å². The van der Waals surface area contributed by atoms with Crippen LogP contribution >= 0.6 is 0 Å².